The van der Waals surface area contributed by atoms with Gasteiger partial charge in [0, 0.05) is 31.7 Å². The van der Waals surface area contributed by atoms with Gasteiger partial charge in [0.2, 0.25) is 0 Å². The van der Waals surface area contributed by atoms with Gasteiger partial charge in [-0.15, -0.1) is 0 Å². The Hall–Kier alpha value is -1.46. The fraction of sp³-hybridized carbons (Fsp3) is 0.588. The number of hydrogen-bond donors (Lipinski definition) is 2. The van der Waals surface area contributed by atoms with Gasteiger partial charge in [0.1, 0.15) is 5.75 Å². The third-order valence-electron chi connectivity index (χ3n) is 5.80. The van der Waals surface area contributed by atoms with E-state index in [-0.39, 0.29) is 5.91 Å². The number of nitrogens with two attached hydrogens (primary N) is 1. The average molecular weight is 336 g/mol. The third kappa shape index (κ3) is 2.46. The Labute approximate surface area is 141 Å². The van der Waals surface area contributed by atoms with Gasteiger partial charge in [0.15, 0.2) is 0 Å². The predicted molar refractivity (Wildman–Crippen MR) is 89.8 cm³/mol. The Morgan fingerprint density at radius 3 is 3.00 bits per heavy atom. The number of rotatable bonds is 4. The van der Waals surface area contributed by atoms with E-state index in [1.165, 1.54) is 33.0 Å². The van der Waals surface area contributed by atoms with Gasteiger partial charge in [-0.3, -0.25) is 9.69 Å². The van der Waals surface area contributed by atoms with Gasteiger partial charge >= 0.3 is 0 Å². The number of nitrogens with zero attached hydrogens (tertiary/aromatic N) is 1. The van der Waals surface area contributed by atoms with Crippen LogP contribution < -0.4 is 15.8 Å². The highest BCUT2D eigenvalue weighted by atomic mass is 35.5. The van der Waals surface area contributed by atoms with Crippen molar-refractivity contribution < 1.29 is 9.53 Å². The molecule has 1 amide bonds. The van der Waals surface area contributed by atoms with E-state index in [0.717, 1.165) is 18.4 Å². The van der Waals surface area contributed by atoms with Crippen LogP contribution in [-0.2, 0) is 0 Å². The maximum atomic E-state index is 12.6. The lowest BCUT2D eigenvalue weighted by molar-refractivity contribution is 0.0934. The molecule has 1 aliphatic carbocycles. The van der Waals surface area contributed by atoms with Gasteiger partial charge < -0.3 is 15.8 Å². The predicted octanol–water partition coefficient (Wildman–Crippen LogP) is 2.00. The van der Waals surface area contributed by atoms with Crippen LogP contribution in [0.2, 0.25) is 5.02 Å². The summed E-state index contributed by atoms with van der Waals surface area (Å²) >= 11 is 6.05. The first-order valence-corrected chi connectivity index (χ1v) is 8.60. The Kier molecular flexibility index (Phi) is 3.65. The Bertz CT molecular complexity index is 647. The first-order valence-electron chi connectivity index (χ1n) is 8.22. The molecule has 4 bridgehead atoms. The molecule has 1 aromatic rings. The van der Waals surface area contributed by atoms with Crippen LogP contribution in [0.3, 0.4) is 0 Å². The second-order valence-electron chi connectivity index (χ2n) is 7.07. The quantitative estimate of drug-likeness (QED) is 0.826. The van der Waals surface area contributed by atoms with E-state index in [1.54, 1.807) is 12.1 Å². The molecule has 0 radical (unpaired) electrons. The van der Waals surface area contributed by atoms with Crippen LogP contribution in [0.15, 0.2) is 12.1 Å². The van der Waals surface area contributed by atoms with Crippen molar-refractivity contribution in [3.8, 4) is 5.75 Å². The van der Waals surface area contributed by atoms with Gasteiger partial charge in [0.05, 0.1) is 23.4 Å². The monoisotopic (exact) mass is 335 g/mol. The van der Waals surface area contributed by atoms with Crippen molar-refractivity contribution in [1.29, 1.82) is 0 Å². The minimum Gasteiger partial charge on any atom is -0.496 e. The summed E-state index contributed by atoms with van der Waals surface area (Å²) in [7, 11) is 1.53. The lowest BCUT2D eigenvalue weighted by atomic mass is 9.75. The molecule has 3 saturated heterocycles. The van der Waals surface area contributed by atoms with Gasteiger partial charge in [-0.05, 0) is 36.7 Å². The molecule has 2 unspecified atom stereocenters. The summed E-state index contributed by atoms with van der Waals surface area (Å²) < 4.78 is 5.26. The minimum atomic E-state index is -0.143. The van der Waals surface area contributed by atoms with Crippen LogP contribution in [-0.4, -0.2) is 43.6 Å². The molecule has 3 N–H and O–H groups in total. The smallest absolute Gasteiger partial charge is 0.255 e. The van der Waals surface area contributed by atoms with Crippen LogP contribution in [0.5, 0.6) is 5.75 Å². The zero-order valence-corrected chi connectivity index (χ0v) is 14.0. The molecule has 0 aromatic heterocycles. The van der Waals surface area contributed by atoms with E-state index in [1.807, 2.05) is 0 Å². The van der Waals surface area contributed by atoms with E-state index in [9.17, 15) is 4.79 Å². The number of nitrogens with one attached hydrogen (secondary N) is 1. The van der Waals surface area contributed by atoms with Crippen molar-refractivity contribution in [3.05, 3.63) is 22.7 Å². The van der Waals surface area contributed by atoms with Gasteiger partial charge in [-0.2, -0.15) is 0 Å². The zero-order valence-electron chi connectivity index (χ0n) is 13.2. The molecular formula is C17H22ClN3O2. The third-order valence-corrected chi connectivity index (χ3v) is 6.13. The van der Waals surface area contributed by atoms with Crippen LogP contribution in [0.4, 0.5) is 5.69 Å². The molecule has 6 heteroatoms. The van der Waals surface area contributed by atoms with Crippen molar-refractivity contribution >= 4 is 23.2 Å². The van der Waals surface area contributed by atoms with Crippen LogP contribution in [0, 0.1) is 17.8 Å². The van der Waals surface area contributed by atoms with Gasteiger partial charge in [0.25, 0.3) is 5.91 Å². The molecule has 5 atom stereocenters. The molecular weight excluding hydrogens is 314 g/mol. The topological polar surface area (TPSA) is 67.6 Å². The van der Waals surface area contributed by atoms with Crippen molar-refractivity contribution in [3.63, 3.8) is 0 Å². The Balaban J connectivity index is 1.46. The van der Waals surface area contributed by atoms with Crippen molar-refractivity contribution in [2.45, 2.75) is 18.9 Å². The van der Waals surface area contributed by atoms with Crippen molar-refractivity contribution in [2.24, 2.45) is 17.8 Å². The van der Waals surface area contributed by atoms with E-state index in [4.69, 9.17) is 22.1 Å². The molecule has 3 aliphatic heterocycles. The van der Waals surface area contributed by atoms with E-state index in [2.05, 4.69) is 10.2 Å². The maximum Gasteiger partial charge on any atom is 0.255 e. The van der Waals surface area contributed by atoms with Crippen LogP contribution in [0.25, 0.3) is 0 Å². The minimum absolute atomic E-state index is 0.143. The number of benzene rings is 1. The van der Waals surface area contributed by atoms with Gasteiger partial charge in [-0.25, -0.2) is 0 Å². The molecule has 124 valence electrons. The molecule has 0 spiro atoms. The lowest BCUT2D eigenvalue weighted by Crippen LogP contribution is -2.38. The number of methoxy groups -OCH3 is 1. The van der Waals surface area contributed by atoms with E-state index >= 15 is 0 Å². The number of carbonyl (C=O) groups is 1. The first kappa shape index (κ1) is 15.1. The summed E-state index contributed by atoms with van der Waals surface area (Å²) in [5.41, 5.74) is 6.63. The highest BCUT2D eigenvalue weighted by Gasteiger charge is 2.52. The van der Waals surface area contributed by atoms with E-state index in [0.29, 0.717) is 34.0 Å². The summed E-state index contributed by atoms with van der Waals surface area (Å²) in [6.07, 6.45) is 2.62. The Morgan fingerprint density at radius 2 is 2.26 bits per heavy atom. The SMILES string of the molecule is COc1cc(N)c(Cl)cc1C(=O)NC[C@@H]1C2C[C@H]3C[C@@H]1CN2C3. The summed E-state index contributed by atoms with van der Waals surface area (Å²) in [6.45, 7) is 3.19. The number of carbonyl (C=O) groups excluding carboxylic acids is 1. The number of hydrogen-bond acceptors (Lipinski definition) is 4. The van der Waals surface area contributed by atoms with Crippen molar-refractivity contribution in [2.75, 3.05) is 32.5 Å². The largest absolute Gasteiger partial charge is 0.496 e. The van der Waals surface area contributed by atoms with Gasteiger partial charge in [-0.1, -0.05) is 11.6 Å². The standard InChI is InChI=1S/C17H22ClN3O2/c1-23-16-5-14(19)13(18)4-11(16)17(22)20-6-12-10-2-9-3-15(12)21(7-9)8-10/h4-5,9-10,12,15H,2-3,6-8,19H2,1H3,(H,20,22)/t9-,10-,12+,15?/m1/s1. The first-order chi connectivity index (χ1) is 11.1. The summed E-state index contributed by atoms with van der Waals surface area (Å²) in [6, 6.07) is 3.85. The molecule has 1 aromatic carbocycles. The number of piperidine rings is 1. The number of amides is 1. The summed E-state index contributed by atoms with van der Waals surface area (Å²) in [5, 5.41) is 3.46. The fourth-order valence-corrected chi connectivity index (χ4v) is 4.97. The fourth-order valence-electron chi connectivity index (χ4n) is 4.81. The molecule has 5 nitrogen and oxygen atoms in total. The Morgan fingerprint density at radius 1 is 1.43 bits per heavy atom. The molecule has 4 fully saturated rings. The molecule has 1 saturated carbocycles. The normalized spacial score (nSPS) is 33.9. The van der Waals surface area contributed by atoms with Crippen LogP contribution >= 0.6 is 11.6 Å². The summed E-state index contributed by atoms with van der Waals surface area (Å²) in [4.78, 5) is 15.2. The lowest BCUT2D eigenvalue weighted by Gasteiger charge is -2.30. The number of nitrogen functional groups attached to an aromatic ring is 1. The maximum absolute atomic E-state index is 12.6. The zero-order chi connectivity index (χ0) is 16.1. The molecule has 23 heavy (non-hydrogen) atoms. The molecule has 5 rings (SSSR count). The second kappa shape index (κ2) is 5.56. The summed E-state index contributed by atoms with van der Waals surface area (Å²) in [5.74, 6) is 2.53. The number of halogens is 1. The molecule has 4 aliphatic rings. The second-order valence-corrected chi connectivity index (χ2v) is 7.47. The highest BCUT2D eigenvalue weighted by Crippen LogP contribution is 2.48. The van der Waals surface area contributed by atoms with Crippen LogP contribution in [0.1, 0.15) is 23.2 Å². The number of ether oxygens (including phenoxy) is 1. The van der Waals surface area contributed by atoms with Crippen molar-refractivity contribution in [1.82, 2.24) is 10.2 Å². The molecule has 3 heterocycles. The highest BCUT2D eigenvalue weighted by molar-refractivity contribution is 6.33. The number of anilines is 1. The van der Waals surface area contributed by atoms with E-state index < -0.39 is 0 Å². The average Bonchev–Trinajstić information content (AvgIpc) is 2.95.